The van der Waals surface area contributed by atoms with E-state index in [9.17, 15) is 0 Å². The smallest absolute Gasteiger partial charge is 0.129 e. The van der Waals surface area contributed by atoms with Gasteiger partial charge in [-0.15, -0.1) is 0 Å². The number of rotatable bonds is 0. The van der Waals surface area contributed by atoms with Gasteiger partial charge in [0.15, 0.2) is 0 Å². The van der Waals surface area contributed by atoms with Crippen molar-refractivity contribution >= 4 is 49.5 Å². The van der Waals surface area contributed by atoms with Crippen LogP contribution in [0, 0.1) is 0 Å². The number of halogens is 2. The molecule has 0 saturated carbocycles. The Morgan fingerprint density at radius 2 is 2.00 bits per heavy atom. The van der Waals surface area contributed by atoms with Gasteiger partial charge in [0.05, 0.1) is 22.7 Å². The second-order valence-corrected chi connectivity index (χ2v) is 4.53. The summed E-state index contributed by atoms with van der Waals surface area (Å²) in [6.07, 6.45) is 3.48. The van der Waals surface area contributed by atoms with Crippen LogP contribution < -0.4 is 0 Å². The highest BCUT2D eigenvalue weighted by Gasteiger charge is 2.06. The molecular weight excluding hydrogens is 277 g/mol. The summed E-state index contributed by atoms with van der Waals surface area (Å²) < 4.78 is 0.945. The largest absolute Gasteiger partial charge is 0.352 e. The van der Waals surface area contributed by atoms with E-state index in [1.54, 1.807) is 12.4 Å². The highest BCUT2D eigenvalue weighted by Crippen LogP contribution is 2.26. The Balaban J connectivity index is 2.53. The summed E-state index contributed by atoms with van der Waals surface area (Å²) in [4.78, 5) is 11.6. The van der Waals surface area contributed by atoms with Crippen molar-refractivity contribution < 1.29 is 0 Å². The summed E-state index contributed by atoms with van der Waals surface area (Å²) in [5.41, 5.74) is 2.83. The molecule has 0 aromatic carbocycles. The molecule has 0 unspecified atom stereocenters. The minimum atomic E-state index is 0.480. The van der Waals surface area contributed by atoms with E-state index in [1.165, 1.54) is 0 Å². The molecule has 0 aliphatic heterocycles. The van der Waals surface area contributed by atoms with Gasteiger partial charge in [-0.1, -0.05) is 11.6 Å². The molecular formula is C10H5BrClN3. The van der Waals surface area contributed by atoms with E-state index < -0.39 is 0 Å². The van der Waals surface area contributed by atoms with Crippen LogP contribution in [0.4, 0.5) is 0 Å². The van der Waals surface area contributed by atoms with Crippen LogP contribution in [0.25, 0.3) is 21.9 Å². The van der Waals surface area contributed by atoms with Crippen molar-refractivity contribution in [2.24, 2.45) is 0 Å². The third-order valence-electron chi connectivity index (χ3n) is 2.25. The zero-order valence-electron chi connectivity index (χ0n) is 7.46. The average Bonchev–Trinajstić information content (AvgIpc) is 2.54. The van der Waals surface area contributed by atoms with Crippen molar-refractivity contribution in [1.82, 2.24) is 15.0 Å². The minimum absolute atomic E-state index is 0.480. The third kappa shape index (κ3) is 1.41. The molecule has 74 valence electrons. The van der Waals surface area contributed by atoms with Gasteiger partial charge in [0.25, 0.3) is 0 Å². The fourth-order valence-electron chi connectivity index (χ4n) is 1.62. The quantitative estimate of drug-likeness (QED) is 0.641. The maximum Gasteiger partial charge on any atom is 0.129 e. The van der Waals surface area contributed by atoms with Crippen molar-refractivity contribution in [3.05, 3.63) is 34.2 Å². The lowest BCUT2D eigenvalue weighted by atomic mass is 10.3. The fraction of sp³-hybridized carbons (Fsp3) is 0. The first-order valence-corrected chi connectivity index (χ1v) is 5.49. The zero-order chi connectivity index (χ0) is 10.4. The first-order valence-electron chi connectivity index (χ1n) is 4.32. The van der Waals surface area contributed by atoms with E-state index in [0.717, 1.165) is 26.4 Å². The number of hydrogen-bond donors (Lipinski definition) is 1. The summed E-state index contributed by atoms with van der Waals surface area (Å²) in [6, 6.07) is 3.80. The molecule has 0 saturated heterocycles. The minimum Gasteiger partial charge on any atom is -0.352 e. The predicted octanol–water partition coefficient (Wildman–Crippen LogP) is 3.53. The first-order chi connectivity index (χ1) is 7.24. The number of pyridine rings is 2. The summed E-state index contributed by atoms with van der Waals surface area (Å²) in [7, 11) is 0. The molecule has 3 nitrogen and oxygen atoms in total. The number of hydrogen-bond acceptors (Lipinski definition) is 2. The van der Waals surface area contributed by atoms with Crippen LogP contribution in [-0.4, -0.2) is 15.0 Å². The highest BCUT2D eigenvalue weighted by atomic mass is 79.9. The van der Waals surface area contributed by atoms with Crippen molar-refractivity contribution in [3.63, 3.8) is 0 Å². The van der Waals surface area contributed by atoms with Crippen molar-refractivity contribution in [3.8, 4) is 0 Å². The molecule has 0 bridgehead atoms. The summed E-state index contributed by atoms with van der Waals surface area (Å²) in [5, 5.41) is 1.48. The molecule has 3 aromatic heterocycles. The Bertz CT molecular complexity index is 662. The summed E-state index contributed by atoms with van der Waals surface area (Å²) in [5.74, 6) is 0. The fourth-order valence-corrected chi connectivity index (χ4v) is 2.11. The third-order valence-corrected chi connectivity index (χ3v) is 2.89. The van der Waals surface area contributed by atoms with Gasteiger partial charge in [0.2, 0.25) is 0 Å². The molecule has 1 N–H and O–H groups in total. The topological polar surface area (TPSA) is 41.6 Å². The SMILES string of the molecule is Clc1cc2c(cn1)[nH]c1cc(Br)cnc12. The Morgan fingerprint density at radius 1 is 1.13 bits per heavy atom. The Hall–Kier alpha value is -1.13. The van der Waals surface area contributed by atoms with E-state index in [2.05, 4.69) is 30.9 Å². The van der Waals surface area contributed by atoms with Crippen LogP contribution >= 0.6 is 27.5 Å². The number of aromatic amines is 1. The van der Waals surface area contributed by atoms with E-state index >= 15 is 0 Å². The second kappa shape index (κ2) is 3.18. The van der Waals surface area contributed by atoms with Crippen LogP contribution in [0.1, 0.15) is 0 Å². The standard InChI is InChI=1S/C10H5BrClN3/c11-5-1-7-10(14-3-5)6-2-9(12)13-4-8(6)15-7/h1-4,15H. The summed E-state index contributed by atoms with van der Waals surface area (Å²) >= 11 is 9.23. The van der Waals surface area contributed by atoms with Gasteiger partial charge in [0.1, 0.15) is 5.15 Å². The lowest BCUT2D eigenvalue weighted by Crippen LogP contribution is -1.75. The molecule has 15 heavy (non-hydrogen) atoms. The number of nitrogens with one attached hydrogen (secondary N) is 1. The van der Waals surface area contributed by atoms with Crippen LogP contribution in [0.5, 0.6) is 0 Å². The maximum atomic E-state index is 5.85. The molecule has 3 heterocycles. The lowest BCUT2D eigenvalue weighted by Gasteiger charge is -1.91. The Kier molecular flexibility index (Phi) is 1.94. The van der Waals surface area contributed by atoms with Crippen molar-refractivity contribution in [2.45, 2.75) is 0 Å². The predicted molar refractivity (Wildman–Crippen MR) is 64.1 cm³/mol. The zero-order valence-corrected chi connectivity index (χ0v) is 9.80. The van der Waals surface area contributed by atoms with E-state index in [0.29, 0.717) is 5.15 Å². The van der Waals surface area contributed by atoms with Crippen LogP contribution in [0.15, 0.2) is 29.0 Å². The normalized spacial score (nSPS) is 11.3. The molecule has 0 radical (unpaired) electrons. The molecule has 0 fully saturated rings. The van der Waals surface area contributed by atoms with Gasteiger partial charge in [-0.2, -0.15) is 0 Å². The van der Waals surface area contributed by atoms with Crippen LogP contribution in [0.3, 0.4) is 0 Å². The number of fused-ring (bicyclic) bond motifs is 3. The van der Waals surface area contributed by atoms with Gasteiger partial charge in [-0.25, -0.2) is 4.98 Å². The molecule has 3 rings (SSSR count). The number of aromatic nitrogens is 3. The highest BCUT2D eigenvalue weighted by molar-refractivity contribution is 9.10. The van der Waals surface area contributed by atoms with Crippen molar-refractivity contribution in [2.75, 3.05) is 0 Å². The van der Waals surface area contributed by atoms with Crippen LogP contribution in [0.2, 0.25) is 5.15 Å². The van der Waals surface area contributed by atoms with Gasteiger partial charge in [-0.05, 0) is 28.1 Å². The molecule has 0 amide bonds. The molecule has 0 aliphatic rings. The average molecular weight is 283 g/mol. The van der Waals surface area contributed by atoms with Gasteiger partial charge >= 0.3 is 0 Å². The number of nitrogens with zero attached hydrogens (tertiary/aromatic N) is 2. The number of H-pyrrole nitrogens is 1. The molecule has 3 aromatic rings. The van der Waals surface area contributed by atoms with Crippen LogP contribution in [-0.2, 0) is 0 Å². The van der Waals surface area contributed by atoms with Gasteiger partial charge in [0, 0.05) is 16.1 Å². The van der Waals surface area contributed by atoms with E-state index in [1.807, 2.05) is 12.1 Å². The lowest BCUT2D eigenvalue weighted by molar-refractivity contribution is 1.35. The van der Waals surface area contributed by atoms with E-state index in [4.69, 9.17) is 11.6 Å². The Labute approximate surface area is 98.6 Å². The molecule has 0 aliphatic carbocycles. The molecule has 0 spiro atoms. The first kappa shape index (κ1) is 9.12. The molecule has 0 atom stereocenters. The maximum absolute atomic E-state index is 5.85. The van der Waals surface area contributed by atoms with Gasteiger partial charge < -0.3 is 4.98 Å². The Morgan fingerprint density at radius 3 is 2.87 bits per heavy atom. The van der Waals surface area contributed by atoms with Crippen molar-refractivity contribution in [1.29, 1.82) is 0 Å². The van der Waals surface area contributed by atoms with Gasteiger partial charge in [-0.3, -0.25) is 4.98 Å². The monoisotopic (exact) mass is 281 g/mol. The summed E-state index contributed by atoms with van der Waals surface area (Å²) in [6.45, 7) is 0. The second-order valence-electron chi connectivity index (χ2n) is 3.23. The molecule has 5 heteroatoms. The van der Waals surface area contributed by atoms with E-state index in [-0.39, 0.29) is 0 Å².